The van der Waals surface area contributed by atoms with Crippen LogP contribution in [0, 0.1) is 12.3 Å². The maximum absolute atomic E-state index is 6.81. The maximum atomic E-state index is 6.81. The minimum absolute atomic E-state index is 0.679. The molecule has 24 heavy (non-hydrogen) atoms. The molecule has 0 saturated heterocycles. The second-order valence-corrected chi connectivity index (χ2v) is 7.58. The second kappa shape index (κ2) is 10.00. The van der Waals surface area contributed by atoms with Crippen molar-refractivity contribution in [2.45, 2.75) is 83.1 Å². The highest BCUT2D eigenvalue weighted by atomic mass is 35.5. The van der Waals surface area contributed by atoms with E-state index in [2.05, 4.69) is 42.5 Å². The van der Waals surface area contributed by atoms with E-state index in [1.54, 1.807) is 6.92 Å². The molecule has 0 amide bonds. The van der Waals surface area contributed by atoms with Crippen LogP contribution >= 0.6 is 11.6 Å². The lowest BCUT2D eigenvalue weighted by molar-refractivity contribution is 0.427. The largest absolute Gasteiger partial charge is 0.370 e. The van der Waals surface area contributed by atoms with Crippen LogP contribution in [0.3, 0.4) is 0 Å². The van der Waals surface area contributed by atoms with Crippen LogP contribution in [0.15, 0.2) is 18.2 Å². The van der Waals surface area contributed by atoms with Gasteiger partial charge in [-0.3, -0.25) is 0 Å². The minimum Gasteiger partial charge on any atom is -0.370 e. The Morgan fingerprint density at radius 1 is 1.00 bits per heavy atom. The molecule has 0 radical (unpaired) electrons. The monoisotopic (exact) mass is 345 g/mol. The Hall–Kier alpha value is -1.13. The molecule has 1 aromatic rings. The van der Waals surface area contributed by atoms with Gasteiger partial charge >= 0.3 is 0 Å². The van der Waals surface area contributed by atoms with Crippen molar-refractivity contribution in [2.75, 3.05) is 11.9 Å². The Morgan fingerprint density at radius 2 is 1.54 bits per heavy atom. The average Bonchev–Trinajstić information content (AvgIpc) is 2.63. The van der Waals surface area contributed by atoms with Crippen molar-refractivity contribution in [3.05, 3.63) is 28.8 Å². The predicted octanol–water partition coefficient (Wildman–Crippen LogP) is 6.80. The first-order valence-electron chi connectivity index (χ1n) is 9.57. The molecule has 0 spiro atoms. The Bertz CT molecular complexity index is 533. The van der Waals surface area contributed by atoms with Gasteiger partial charge in [0, 0.05) is 13.1 Å². The van der Waals surface area contributed by atoms with Crippen molar-refractivity contribution >= 4 is 17.3 Å². The smallest absolute Gasteiger partial charge is 0.0674 e. The standard InChI is InChI=1S/C19H28ClN.C3H4/c1-21(16-11-6-3-7-12-16)18-14-8-13-17(19(18)20)15-9-4-2-5-10-15;1-3-2/h8,13-16H,2-7,9-12H2,1H3;1H,2H3. The van der Waals surface area contributed by atoms with Gasteiger partial charge in [0.15, 0.2) is 0 Å². The van der Waals surface area contributed by atoms with E-state index in [9.17, 15) is 0 Å². The molecule has 1 aromatic carbocycles. The number of hydrogen-bond donors (Lipinski definition) is 0. The first-order chi connectivity index (χ1) is 11.7. The summed E-state index contributed by atoms with van der Waals surface area (Å²) < 4.78 is 0. The summed E-state index contributed by atoms with van der Waals surface area (Å²) in [5, 5.41) is 1.03. The van der Waals surface area contributed by atoms with Crippen LogP contribution in [0.4, 0.5) is 5.69 Å². The normalized spacial score (nSPS) is 19.1. The Kier molecular flexibility index (Phi) is 8.00. The van der Waals surface area contributed by atoms with Crippen LogP contribution in [-0.4, -0.2) is 13.1 Å². The molecule has 0 aromatic heterocycles. The molecule has 2 fully saturated rings. The zero-order valence-corrected chi connectivity index (χ0v) is 16.1. The van der Waals surface area contributed by atoms with Crippen molar-refractivity contribution < 1.29 is 0 Å². The molecular weight excluding hydrogens is 314 g/mol. The SMILES string of the molecule is C#CC.CN(c1cccc(C2CCCCC2)c1Cl)C1CCCCC1. The first-order valence-corrected chi connectivity index (χ1v) is 9.95. The Labute approximate surface area is 153 Å². The van der Waals surface area contributed by atoms with E-state index in [1.807, 2.05) is 0 Å². The fourth-order valence-corrected chi connectivity index (χ4v) is 4.62. The molecule has 2 saturated carbocycles. The molecule has 2 aliphatic carbocycles. The molecule has 0 aliphatic heterocycles. The number of hydrogen-bond acceptors (Lipinski definition) is 1. The number of nitrogens with zero attached hydrogens (tertiary/aromatic N) is 1. The number of anilines is 1. The lowest BCUT2D eigenvalue weighted by Gasteiger charge is -2.34. The molecule has 132 valence electrons. The van der Waals surface area contributed by atoms with E-state index >= 15 is 0 Å². The highest BCUT2D eigenvalue weighted by Crippen LogP contribution is 2.41. The van der Waals surface area contributed by atoms with Crippen LogP contribution in [0.25, 0.3) is 0 Å². The van der Waals surface area contributed by atoms with E-state index in [1.165, 1.54) is 75.5 Å². The third-order valence-corrected chi connectivity index (χ3v) is 5.97. The average molecular weight is 346 g/mol. The molecule has 0 bridgehead atoms. The van der Waals surface area contributed by atoms with Gasteiger partial charge in [0.2, 0.25) is 0 Å². The maximum Gasteiger partial charge on any atom is 0.0674 e. The highest BCUT2D eigenvalue weighted by Gasteiger charge is 2.23. The van der Waals surface area contributed by atoms with Crippen molar-refractivity contribution in [1.82, 2.24) is 0 Å². The fraction of sp³-hybridized carbons (Fsp3) is 0.636. The van der Waals surface area contributed by atoms with E-state index < -0.39 is 0 Å². The minimum atomic E-state index is 0.679. The summed E-state index contributed by atoms with van der Waals surface area (Å²) in [5.41, 5.74) is 2.66. The molecule has 0 atom stereocenters. The molecule has 1 nitrogen and oxygen atoms in total. The summed E-state index contributed by atoms with van der Waals surface area (Å²) in [4.78, 5) is 2.45. The Balaban J connectivity index is 0.000000647. The summed E-state index contributed by atoms with van der Waals surface area (Å²) in [5.74, 6) is 2.94. The second-order valence-electron chi connectivity index (χ2n) is 7.21. The number of halogens is 1. The lowest BCUT2D eigenvalue weighted by atomic mass is 9.84. The van der Waals surface area contributed by atoms with Crippen molar-refractivity contribution in [3.8, 4) is 12.3 Å². The van der Waals surface area contributed by atoms with Crippen LogP contribution in [0.2, 0.25) is 5.02 Å². The van der Waals surface area contributed by atoms with Crippen molar-refractivity contribution in [3.63, 3.8) is 0 Å². The topological polar surface area (TPSA) is 3.24 Å². The molecule has 3 rings (SSSR count). The van der Waals surface area contributed by atoms with Crippen LogP contribution < -0.4 is 4.90 Å². The molecule has 0 N–H and O–H groups in total. The van der Waals surface area contributed by atoms with Crippen molar-refractivity contribution in [2.24, 2.45) is 0 Å². The van der Waals surface area contributed by atoms with Crippen LogP contribution in [0.1, 0.15) is 82.6 Å². The quantitative estimate of drug-likeness (QED) is 0.544. The van der Waals surface area contributed by atoms with Gasteiger partial charge in [-0.1, -0.05) is 62.3 Å². The van der Waals surface area contributed by atoms with E-state index in [4.69, 9.17) is 11.6 Å². The van der Waals surface area contributed by atoms with Gasteiger partial charge in [-0.15, -0.1) is 12.3 Å². The third-order valence-electron chi connectivity index (χ3n) is 5.56. The van der Waals surface area contributed by atoms with E-state index in [0.29, 0.717) is 12.0 Å². The number of terminal acetylenes is 1. The fourth-order valence-electron chi connectivity index (χ4n) is 4.20. The number of rotatable bonds is 3. The Morgan fingerprint density at radius 3 is 2.12 bits per heavy atom. The summed E-state index contributed by atoms with van der Waals surface area (Å²) in [6.07, 6.45) is 18.1. The molecule has 0 heterocycles. The van der Waals surface area contributed by atoms with Gasteiger partial charge in [0.1, 0.15) is 0 Å². The van der Waals surface area contributed by atoms with Gasteiger partial charge < -0.3 is 4.90 Å². The zero-order chi connectivity index (χ0) is 17.4. The van der Waals surface area contributed by atoms with Gasteiger partial charge in [-0.05, 0) is 50.2 Å². The van der Waals surface area contributed by atoms with Crippen molar-refractivity contribution in [1.29, 1.82) is 0 Å². The van der Waals surface area contributed by atoms with E-state index in [-0.39, 0.29) is 0 Å². The third kappa shape index (κ3) is 4.93. The first kappa shape index (κ1) is 19.2. The van der Waals surface area contributed by atoms with Crippen LogP contribution in [-0.2, 0) is 0 Å². The van der Waals surface area contributed by atoms with Gasteiger partial charge in [0.25, 0.3) is 0 Å². The van der Waals surface area contributed by atoms with Crippen LogP contribution in [0.5, 0.6) is 0 Å². The van der Waals surface area contributed by atoms with Gasteiger partial charge in [-0.25, -0.2) is 0 Å². The summed E-state index contributed by atoms with van der Waals surface area (Å²) in [6.45, 7) is 1.65. The summed E-state index contributed by atoms with van der Waals surface area (Å²) in [7, 11) is 2.24. The summed E-state index contributed by atoms with van der Waals surface area (Å²) >= 11 is 6.81. The zero-order valence-electron chi connectivity index (χ0n) is 15.4. The molecule has 0 unspecified atom stereocenters. The number of benzene rings is 1. The van der Waals surface area contributed by atoms with E-state index in [0.717, 1.165) is 5.02 Å². The lowest BCUT2D eigenvalue weighted by Crippen LogP contribution is -2.33. The van der Waals surface area contributed by atoms with Gasteiger partial charge in [-0.2, -0.15) is 0 Å². The molecule has 2 heteroatoms. The molecule has 2 aliphatic rings. The predicted molar refractivity (Wildman–Crippen MR) is 107 cm³/mol. The molecular formula is C22H32ClN. The summed E-state index contributed by atoms with van der Waals surface area (Å²) in [6, 6.07) is 7.36. The van der Waals surface area contributed by atoms with Gasteiger partial charge in [0.05, 0.1) is 10.7 Å². The highest BCUT2D eigenvalue weighted by molar-refractivity contribution is 6.34.